The Morgan fingerprint density at radius 3 is 2.28 bits per heavy atom. The molecule has 6 heteroatoms. The summed E-state index contributed by atoms with van der Waals surface area (Å²) in [6.45, 7) is 1.68. The van der Waals surface area contributed by atoms with E-state index in [4.69, 9.17) is 9.47 Å². The molecule has 2 aromatic rings. The zero-order valence-corrected chi connectivity index (χ0v) is 13.7. The van der Waals surface area contributed by atoms with Crippen LogP contribution in [0.1, 0.15) is 18.4 Å². The molecule has 1 saturated heterocycles. The van der Waals surface area contributed by atoms with E-state index < -0.39 is 5.97 Å². The lowest BCUT2D eigenvalue weighted by molar-refractivity contribution is -0.136. The number of imide groups is 1. The molecule has 0 N–H and O–H groups in total. The normalized spacial score (nSPS) is 13.9. The van der Waals surface area contributed by atoms with Gasteiger partial charge < -0.3 is 9.47 Å². The van der Waals surface area contributed by atoms with Gasteiger partial charge in [0.2, 0.25) is 11.8 Å². The van der Waals surface area contributed by atoms with E-state index in [9.17, 15) is 14.4 Å². The van der Waals surface area contributed by atoms with Crippen molar-refractivity contribution in [2.45, 2.75) is 19.8 Å². The summed E-state index contributed by atoms with van der Waals surface area (Å²) in [5, 5.41) is 0. The van der Waals surface area contributed by atoms with Gasteiger partial charge in [-0.1, -0.05) is 18.2 Å². The highest BCUT2D eigenvalue weighted by atomic mass is 16.6. The summed E-state index contributed by atoms with van der Waals surface area (Å²) in [4.78, 5) is 36.4. The van der Waals surface area contributed by atoms with Crippen molar-refractivity contribution in [2.24, 2.45) is 0 Å². The molecule has 6 nitrogen and oxygen atoms in total. The maximum Gasteiger partial charge on any atom is 0.349 e. The fourth-order valence-corrected chi connectivity index (χ4v) is 2.54. The van der Waals surface area contributed by atoms with Gasteiger partial charge in [-0.25, -0.2) is 4.79 Å². The van der Waals surface area contributed by atoms with E-state index >= 15 is 0 Å². The van der Waals surface area contributed by atoms with Gasteiger partial charge in [0, 0.05) is 12.8 Å². The first kappa shape index (κ1) is 16.7. The third-order valence-electron chi connectivity index (χ3n) is 3.82. The van der Waals surface area contributed by atoms with Gasteiger partial charge in [-0.15, -0.1) is 0 Å². The predicted octanol–water partition coefficient (Wildman–Crippen LogP) is 2.63. The molecule has 0 bridgehead atoms. The molecule has 0 atom stereocenters. The number of hydrogen-bond acceptors (Lipinski definition) is 5. The smallest absolute Gasteiger partial charge is 0.349 e. The van der Waals surface area contributed by atoms with Crippen molar-refractivity contribution >= 4 is 23.5 Å². The van der Waals surface area contributed by atoms with E-state index in [1.807, 2.05) is 25.1 Å². The van der Waals surface area contributed by atoms with Crippen molar-refractivity contribution < 1.29 is 23.9 Å². The molecule has 1 heterocycles. The van der Waals surface area contributed by atoms with Crippen molar-refractivity contribution in [2.75, 3.05) is 11.5 Å². The van der Waals surface area contributed by atoms with Gasteiger partial charge in [0.1, 0.15) is 11.5 Å². The third-order valence-corrected chi connectivity index (χ3v) is 3.82. The number of hydrogen-bond donors (Lipinski definition) is 0. The number of ether oxygens (including phenoxy) is 2. The minimum absolute atomic E-state index is 0.213. The molecule has 2 aromatic carbocycles. The van der Waals surface area contributed by atoms with Crippen LogP contribution in [-0.4, -0.2) is 24.4 Å². The average Bonchev–Trinajstić information content (AvgIpc) is 2.94. The van der Waals surface area contributed by atoms with Crippen LogP contribution in [0.25, 0.3) is 0 Å². The highest BCUT2D eigenvalue weighted by molar-refractivity contribution is 6.19. The zero-order chi connectivity index (χ0) is 17.8. The number of esters is 1. The van der Waals surface area contributed by atoms with Crippen LogP contribution in [0.4, 0.5) is 5.69 Å². The van der Waals surface area contributed by atoms with Gasteiger partial charge in [0.05, 0.1) is 5.69 Å². The van der Waals surface area contributed by atoms with Gasteiger partial charge in [-0.3, -0.25) is 14.5 Å². The van der Waals surface area contributed by atoms with Crippen LogP contribution in [0.3, 0.4) is 0 Å². The van der Waals surface area contributed by atoms with Crippen LogP contribution >= 0.6 is 0 Å². The second kappa shape index (κ2) is 7.17. The van der Waals surface area contributed by atoms with Gasteiger partial charge in [0.25, 0.3) is 0 Å². The first-order valence-corrected chi connectivity index (χ1v) is 7.89. The fraction of sp³-hybridized carbons (Fsp3) is 0.211. The molecule has 0 saturated carbocycles. The Morgan fingerprint density at radius 1 is 1.00 bits per heavy atom. The quantitative estimate of drug-likeness (QED) is 0.476. The lowest BCUT2D eigenvalue weighted by atomic mass is 10.2. The summed E-state index contributed by atoms with van der Waals surface area (Å²) in [5.41, 5.74) is 1.41. The summed E-state index contributed by atoms with van der Waals surface area (Å²) in [7, 11) is 0. The standard InChI is InChI=1S/C19H17NO5/c1-13-4-2-3-5-16(13)24-12-19(23)25-15-8-6-14(7-9-15)20-17(21)10-11-18(20)22/h2-9H,10-12H2,1H3. The molecule has 1 fully saturated rings. The lowest BCUT2D eigenvalue weighted by Gasteiger charge is -2.14. The van der Waals surface area contributed by atoms with Crippen LogP contribution in [-0.2, 0) is 14.4 Å². The number of nitrogens with zero attached hydrogens (tertiary/aromatic N) is 1. The van der Waals surface area contributed by atoms with Crippen LogP contribution in [0.5, 0.6) is 11.5 Å². The molecule has 25 heavy (non-hydrogen) atoms. The Balaban J connectivity index is 1.58. The minimum Gasteiger partial charge on any atom is -0.482 e. The number of para-hydroxylation sites is 1. The molecule has 1 aliphatic rings. The monoisotopic (exact) mass is 339 g/mol. The Kier molecular flexibility index (Phi) is 4.79. The number of benzene rings is 2. The zero-order valence-electron chi connectivity index (χ0n) is 13.7. The molecule has 1 aliphatic heterocycles. The van der Waals surface area contributed by atoms with Crippen LogP contribution in [0.2, 0.25) is 0 Å². The first-order chi connectivity index (χ1) is 12.0. The van der Waals surface area contributed by atoms with Gasteiger partial charge >= 0.3 is 5.97 Å². The Bertz CT molecular complexity index is 797. The van der Waals surface area contributed by atoms with E-state index in [1.165, 1.54) is 0 Å². The molecule has 0 aromatic heterocycles. The Hall–Kier alpha value is -3.15. The van der Waals surface area contributed by atoms with Gasteiger partial charge in [0.15, 0.2) is 6.61 Å². The molecule has 3 rings (SSSR count). The van der Waals surface area contributed by atoms with Crippen molar-refractivity contribution in [1.82, 2.24) is 0 Å². The highest BCUT2D eigenvalue weighted by Crippen LogP contribution is 2.25. The third kappa shape index (κ3) is 3.85. The van der Waals surface area contributed by atoms with Crippen LogP contribution in [0.15, 0.2) is 48.5 Å². The van der Waals surface area contributed by atoms with Crippen molar-refractivity contribution in [3.63, 3.8) is 0 Å². The van der Waals surface area contributed by atoms with Gasteiger partial charge in [-0.2, -0.15) is 0 Å². The predicted molar refractivity (Wildman–Crippen MR) is 90.5 cm³/mol. The van der Waals surface area contributed by atoms with Crippen LogP contribution in [0, 0.1) is 6.92 Å². The first-order valence-electron chi connectivity index (χ1n) is 7.89. The molecule has 0 aliphatic carbocycles. The summed E-state index contributed by atoms with van der Waals surface area (Å²) in [5.74, 6) is -0.0332. The number of carbonyl (C=O) groups excluding carboxylic acids is 3. The number of carbonyl (C=O) groups is 3. The molecule has 2 amide bonds. The van der Waals surface area contributed by atoms with E-state index in [2.05, 4.69) is 0 Å². The molecule has 128 valence electrons. The number of amides is 2. The fourth-order valence-electron chi connectivity index (χ4n) is 2.54. The van der Waals surface area contributed by atoms with Crippen molar-refractivity contribution in [1.29, 1.82) is 0 Å². The maximum atomic E-state index is 11.9. The van der Waals surface area contributed by atoms with E-state index in [1.54, 1.807) is 30.3 Å². The molecular weight excluding hydrogens is 322 g/mol. The Morgan fingerprint density at radius 2 is 1.64 bits per heavy atom. The highest BCUT2D eigenvalue weighted by Gasteiger charge is 2.30. The van der Waals surface area contributed by atoms with E-state index in [0.29, 0.717) is 17.2 Å². The summed E-state index contributed by atoms with van der Waals surface area (Å²) >= 11 is 0. The molecule has 0 spiro atoms. The van der Waals surface area contributed by atoms with E-state index in [-0.39, 0.29) is 31.3 Å². The maximum absolute atomic E-state index is 11.9. The number of rotatable bonds is 5. The van der Waals surface area contributed by atoms with Crippen LogP contribution < -0.4 is 14.4 Å². The molecule has 0 radical (unpaired) electrons. The molecular formula is C19H17NO5. The summed E-state index contributed by atoms with van der Waals surface area (Å²) < 4.78 is 10.6. The summed E-state index contributed by atoms with van der Waals surface area (Å²) in [6.07, 6.45) is 0.456. The SMILES string of the molecule is Cc1ccccc1OCC(=O)Oc1ccc(N2C(=O)CCC2=O)cc1. The minimum atomic E-state index is -0.538. The number of aryl methyl sites for hydroxylation is 1. The Labute approximate surface area is 145 Å². The second-order valence-corrected chi connectivity index (χ2v) is 5.65. The lowest BCUT2D eigenvalue weighted by Crippen LogP contribution is -2.28. The molecule has 0 unspecified atom stereocenters. The summed E-state index contributed by atoms with van der Waals surface area (Å²) in [6, 6.07) is 13.6. The van der Waals surface area contributed by atoms with E-state index in [0.717, 1.165) is 10.5 Å². The van der Waals surface area contributed by atoms with Crippen molar-refractivity contribution in [3.05, 3.63) is 54.1 Å². The average molecular weight is 339 g/mol. The van der Waals surface area contributed by atoms with Gasteiger partial charge in [-0.05, 0) is 42.8 Å². The topological polar surface area (TPSA) is 72.9 Å². The second-order valence-electron chi connectivity index (χ2n) is 5.65. The largest absolute Gasteiger partial charge is 0.482 e. The number of anilines is 1. The van der Waals surface area contributed by atoms with Crippen molar-refractivity contribution in [3.8, 4) is 11.5 Å².